The predicted molar refractivity (Wildman–Crippen MR) is 67.7 cm³/mol. The Morgan fingerprint density at radius 1 is 1.53 bits per heavy atom. The van der Waals surface area contributed by atoms with Crippen LogP contribution in [0.5, 0.6) is 5.75 Å². The molecule has 0 fully saturated rings. The highest BCUT2D eigenvalue weighted by Gasteiger charge is 2.11. The number of methoxy groups -OCH3 is 1. The molecule has 4 heteroatoms. The maximum Gasteiger partial charge on any atom is 0.224 e. The smallest absolute Gasteiger partial charge is 0.224 e. The summed E-state index contributed by atoms with van der Waals surface area (Å²) < 4.78 is 5.14. The van der Waals surface area contributed by atoms with Crippen molar-refractivity contribution in [3.8, 4) is 5.75 Å². The van der Waals surface area contributed by atoms with E-state index in [1.165, 1.54) is 0 Å². The zero-order chi connectivity index (χ0) is 12.8. The average Bonchev–Trinajstić information content (AvgIpc) is 2.28. The van der Waals surface area contributed by atoms with Gasteiger partial charge in [0.1, 0.15) is 5.75 Å². The lowest BCUT2D eigenvalue weighted by atomic mass is 10.2. The van der Waals surface area contributed by atoms with Crippen molar-refractivity contribution in [3.63, 3.8) is 0 Å². The van der Waals surface area contributed by atoms with Crippen molar-refractivity contribution >= 4 is 5.91 Å². The van der Waals surface area contributed by atoms with Crippen molar-refractivity contribution in [2.24, 2.45) is 5.73 Å². The number of carbonyl (C=O) groups is 1. The molecule has 0 heterocycles. The van der Waals surface area contributed by atoms with Gasteiger partial charge in [-0.1, -0.05) is 12.1 Å². The molecule has 1 aromatic rings. The van der Waals surface area contributed by atoms with E-state index >= 15 is 0 Å². The van der Waals surface area contributed by atoms with Crippen LogP contribution in [0.1, 0.15) is 18.9 Å². The first-order chi connectivity index (χ1) is 8.02. The van der Waals surface area contributed by atoms with Crippen LogP contribution in [-0.2, 0) is 11.3 Å². The number of amides is 1. The molecule has 2 N–H and O–H groups in total. The fourth-order valence-electron chi connectivity index (χ4n) is 1.56. The molecule has 0 saturated carbocycles. The SMILES string of the molecule is COc1cccc(CN(C)C(=O)CC(C)N)c1. The lowest BCUT2D eigenvalue weighted by Crippen LogP contribution is -2.31. The molecule has 1 rings (SSSR count). The van der Waals surface area contributed by atoms with Gasteiger partial charge in [-0.25, -0.2) is 0 Å². The molecule has 0 saturated heterocycles. The summed E-state index contributed by atoms with van der Waals surface area (Å²) in [6.45, 7) is 2.40. The summed E-state index contributed by atoms with van der Waals surface area (Å²) in [5.74, 6) is 0.860. The van der Waals surface area contributed by atoms with Crippen LogP contribution in [0.3, 0.4) is 0 Å². The summed E-state index contributed by atoms with van der Waals surface area (Å²) in [6.07, 6.45) is 0.375. The molecule has 4 nitrogen and oxygen atoms in total. The molecule has 0 aliphatic carbocycles. The van der Waals surface area contributed by atoms with Crippen LogP contribution in [0.2, 0.25) is 0 Å². The minimum Gasteiger partial charge on any atom is -0.497 e. The lowest BCUT2D eigenvalue weighted by Gasteiger charge is -2.18. The molecule has 1 atom stereocenters. The molecular weight excluding hydrogens is 216 g/mol. The number of nitrogens with zero attached hydrogens (tertiary/aromatic N) is 1. The van der Waals surface area contributed by atoms with Crippen LogP contribution in [0.4, 0.5) is 0 Å². The highest BCUT2D eigenvalue weighted by atomic mass is 16.5. The molecule has 1 unspecified atom stereocenters. The molecular formula is C13H20N2O2. The molecule has 94 valence electrons. The molecule has 0 aliphatic rings. The van der Waals surface area contributed by atoms with E-state index in [1.807, 2.05) is 31.2 Å². The van der Waals surface area contributed by atoms with Crippen LogP contribution in [-0.4, -0.2) is 31.0 Å². The van der Waals surface area contributed by atoms with E-state index in [0.717, 1.165) is 11.3 Å². The molecule has 1 amide bonds. The fourth-order valence-corrected chi connectivity index (χ4v) is 1.56. The van der Waals surface area contributed by atoms with Gasteiger partial charge in [-0.2, -0.15) is 0 Å². The van der Waals surface area contributed by atoms with Crippen LogP contribution in [0, 0.1) is 0 Å². The Morgan fingerprint density at radius 3 is 2.82 bits per heavy atom. The summed E-state index contributed by atoms with van der Waals surface area (Å²) in [7, 11) is 3.41. The summed E-state index contributed by atoms with van der Waals surface area (Å²) in [5.41, 5.74) is 6.65. The minimum atomic E-state index is -0.102. The third kappa shape index (κ3) is 4.44. The molecule has 0 aliphatic heterocycles. The van der Waals surface area contributed by atoms with Crippen LogP contribution >= 0.6 is 0 Å². The minimum absolute atomic E-state index is 0.0582. The quantitative estimate of drug-likeness (QED) is 0.840. The average molecular weight is 236 g/mol. The highest BCUT2D eigenvalue weighted by Crippen LogP contribution is 2.14. The zero-order valence-electron chi connectivity index (χ0n) is 10.6. The number of benzene rings is 1. The Balaban J connectivity index is 2.60. The zero-order valence-corrected chi connectivity index (χ0v) is 10.6. The van der Waals surface area contributed by atoms with Crippen molar-refractivity contribution in [1.29, 1.82) is 0 Å². The monoisotopic (exact) mass is 236 g/mol. The summed E-state index contributed by atoms with van der Waals surface area (Å²) in [5, 5.41) is 0. The standard InChI is InChI=1S/C13H20N2O2/c1-10(14)7-13(16)15(2)9-11-5-4-6-12(8-11)17-3/h4-6,8,10H,7,9,14H2,1-3H3. The first kappa shape index (κ1) is 13.5. The van der Waals surface area contributed by atoms with Crippen LogP contribution in [0.15, 0.2) is 24.3 Å². The van der Waals surface area contributed by atoms with Crippen molar-refractivity contribution in [3.05, 3.63) is 29.8 Å². The van der Waals surface area contributed by atoms with Gasteiger partial charge in [0.15, 0.2) is 0 Å². The molecule has 0 bridgehead atoms. The second kappa shape index (κ2) is 6.25. The summed E-state index contributed by atoms with van der Waals surface area (Å²) in [4.78, 5) is 13.4. The molecule has 0 radical (unpaired) electrons. The Morgan fingerprint density at radius 2 is 2.24 bits per heavy atom. The molecule has 17 heavy (non-hydrogen) atoms. The summed E-state index contributed by atoms with van der Waals surface area (Å²) in [6, 6.07) is 7.59. The van der Waals surface area contributed by atoms with Gasteiger partial charge in [0.05, 0.1) is 7.11 Å². The van der Waals surface area contributed by atoms with Gasteiger partial charge < -0.3 is 15.4 Å². The second-order valence-corrected chi connectivity index (χ2v) is 4.28. The van der Waals surface area contributed by atoms with Gasteiger partial charge in [-0.05, 0) is 24.6 Å². The van der Waals surface area contributed by atoms with Gasteiger partial charge in [-0.15, -0.1) is 0 Å². The number of nitrogens with two attached hydrogens (primary N) is 1. The van der Waals surface area contributed by atoms with Gasteiger partial charge in [0, 0.05) is 26.1 Å². The first-order valence-corrected chi connectivity index (χ1v) is 5.65. The van der Waals surface area contributed by atoms with Gasteiger partial charge in [0.2, 0.25) is 5.91 Å². The third-order valence-electron chi connectivity index (χ3n) is 2.48. The Labute approximate surface area is 102 Å². The molecule has 1 aromatic carbocycles. The van der Waals surface area contributed by atoms with E-state index in [4.69, 9.17) is 10.5 Å². The molecule has 0 aromatic heterocycles. The van der Waals surface area contributed by atoms with E-state index in [-0.39, 0.29) is 11.9 Å². The number of hydrogen-bond acceptors (Lipinski definition) is 3. The van der Waals surface area contributed by atoms with E-state index in [2.05, 4.69) is 0 Å². The highest BCUT2D eigenvalue weighted by molar-refractivity contribution is 5.76. The maximum atomic E-state index is 11.7. The Kier molecular flexibility index (Phi) is 4.97. The van der Waals surface area contributed by atoms with Crippen molar-refractivity contribution in [1.82, 2.24) is 4.90 Å². The van der Waals surface area contributed by atoms with Crippen LogP contribution in [0.25, 0.3) is 0 Å². The first-order valence-electron chi connectivity index (χ1n) is 5.65. The topological polar surface area (TPSA) is 55.6 Å². The van der Waals surface area contributed by atoms with E-state index < -0.39 is 0 Å². The fraction of sp³-hybridized carbons (Fsp3) is 0.462. The summed E-state index contributed by atoms with van der Waals surface area (Å²) >= 11 is 0. The van der Waals surface area contributed by atoms with Gasteiger partial charge >= 0.3 is 0 Å². The van der Waals surface area contributed by atoms with Crippen molar-refractivity contribution in [2.45, 2.75) is 25.9 Å². The predicted octanol–water partition coefficient (Wildman–Crippen LogP) is 1.39. The van der Waals surface area contributed by atoms with E-state index in [1.54, 1.807) is 19.1 Å². The van der Waals surface area contributed by atoms with E-state index in [0.29, 0.717) is 13.0 Å². The lowest BCUT2D eigenvalue weighted by molar-refractivity contribution is -0.130. The van der Waals surface area contributed by atoms with Crippen molar-refractivity contribution in [2.75, 3.05) is 14.2 Å². The van der Waals surface area contributed by atoms with E-state index in [9.17, 15) is 4.79 Å². The largest absolute Gasteiger partial charge is 0.497 e. The third-order valence-corrected chi connectivity index (χ3v) is 2.48. The van der Waals surface area contributed by atoms with Gasteiger partial charge in [0.25, 0.3) is 0 Å². The number of hydrogen-bond donors (Lipinski definition) is 1. The number of carbonyl (C=O) groups excluding carboxylic acids is 1. The maximum absolute atomic E-state index is 11.7. The number of ether oxygens (including phenoxy) is 1. The van der Waals surface area contributed by atoms with Gasteiger partial charge in [-0.3, -0.25) is 4.79 Å². The Bertz CT molecular complexity index is 377. The van der Waals surface area contributed by atoms with Crippen LogP contribution < -0.4 is 10.5 Å². The van der Waals surface area contributed by atoms with Crippen molar-refractivity contribution < 1.29 is 9.53 Å². The normalized spacial score (nSPS) is 12.0. The number of rotatable bonds is 5. The molecule has 0 spiro atoms. The second-order valence-electron chi connectivity index (χ2n) is 4.28. The Hall–Kier alpha value is -1.55.